The lowest BCUT2D eigenvalue weighted by Gasteiger charge is -2.13. The standard InChI is InChI=1S/C24H22OS2/c1-5-10-18-14-13-16(3)22(20(18)6-2)23(25)17(4)24-26-15-21(27-24)19-11-8-7-9-12-19/h5-15H,2H2,1,3-4H3/b10-5-,24-17-. The molecule has 0 radical (unpaired) electrons. The predicted octanol–water partition coefficient (Wildman–Crippen LogP) is 7.56. The molecule has 0 unspecified atom stereocenters. The van der Waals surface area contributed by atoms with Gasteiger partial charge in [-0.05, 0) is 48.4 Å². The summed E-state index contributed by atoms with van der Waals surface area (Å²) in [6.07, 6.45) is 5.79. The van der Waals surface area contributed by atoms with Crippen LogP contribution >= 0.6 is 23.5 Å². The fourth-order valence-electron chi connectivity index (χ4n) is 3.02. The van der Waals surface area contributed by atoms with Crippen molar-refractivity contribution in [2.24, 2.45) is 0 Å². The van der Waals surface area contributed by atoms with Crippen LogP contribution in [0.15, 0.2) is 70.3 Å². The zero-order valence-corrected chi connectivity index (χ0v) is 17.4. The summed E-state index contributed by atoms with van der Waals surface area (Å²) in [6.45, 7) is 9.83. The van der Waals surface area contributed by atoms with E-state index in [1.165, 1.54) is 10.5 Å². The number of hydrogen-bond donors (Lipinski definition) is 0. The van der Waals surface area contributed by atoms with Crippen LogP contribution in [-0.4, -0.2) is 5.78 Å². The number of aryl methyl sites for hydroxylation is 1. The Labute approximate surface area is 170 Å². The molecule has 0 amide bonds. The summed E-state index contributed by atoms with van der Waals surface area (Å²) in [5.74, 6) is 0.0754. The van der Waals surface area contributed by atoms with Crippen molar-refractivity contribution < 1.29 is 4.79 Å². The molecule has 3 rings (SSSR count). The number of carbonyl (C=O) groups excluding carboxylic acids is 1. The molecule has 1 heterocycles. The third kappa shape index (κ3) is 4.05. The van der Waals surface area contributed by atoms with Crippen molar-refractivity contribution in [1.29, 1.82) is 0 Å². The van der Waals surface area contributed by atoms with Gasteiger partial charge in [0.2, 0.25) is 0 Å². The Balaban J connectivity index is 1.96. The first kappa shape index (κ1) is 19.5. The highest BCUT2D eigenvalue weighted by Gasteiger charge is 2.23. The van der Waals surface area contributed by atoms with Gasteiger partial charge in [-0.15, -0.1) is 0 Å². The molecule has 2 aromatic rings. The van der Waals surface area contributed by atoms with Gasteiger partial charge in [0.1, 0.15) is 0 Å². The maximum Gasteiger partial charge on any atom is 0.191 e. The summed E-state index contributed by atoms with van der Waals surface area (Å²) in [6, 6.07) is 14.3. The zero-order chi connectivity index (χ0) is 19.4. The van der Waals surface area contributed by atoms with Crippen LogP contribution in [0.5, 0.6) is 0 Å². The van der Waals surface area contributed by atoms with Gasteiger partial charge in [0, 0.05) is 16.0 Å². The molecule has 0 spiro atoms. The van der Waals surface area contributed by atoms with Crippen LogP contribution in [0, 0.1) is 6.92 Å². The van der Waals surface area contributed by atoms with E-state index in [-0.39, 0.29) is 5.78 Å². The second kappa shape index (κ2) is 8.64. The van der Waals surface area contributed by atoms with Gasteiger partial charge in [-0.25, -0.2) is 0 Å². The summed E-state index contributed by atoms with van der Waals surface area (Å²) in [7, 11) is 0. The maximum absolute atomic E-state index is 13.4. The predicted molar refractivity (Wildman–Crippen MR) is 123 cm³/mol. The maximum atomic E-state index is 13.4. The van der Waals surface area contributed by atoms with Crippen LogP contribution in [0.25, 0.3) is 17.1 Å². The van der Waals surface area contributed by atoms with Crippen molar-refractivity contribution in [2.45, 2.75) is 20.8 Å². The van der Waals surface area contributed by atoms with E-state index in [4.69, 9.17) is 0 Å². The summed E-state index contributed by atoms with van der Waals surface area (Å²) in [5.41, 5.74) is 5.63. The molecular formula is C24H22OS2. The lowest BCUT2D eigenvalue weighted by molar-refractivity contribution is 0.103. The molecule has 27 heavy (non-hydrogen) atoms. The minimum atomic E-state index is 0.0754. The summed E-state index contributed by atoms with van der Waals surface area (Å²) in [5, 5.41) is 2.13. The second-order valence-corrected chi connectivity index (χ2v) is 8.46. The van der Waals surface area contributed by atoms with Crippen LogP contribution in [0.1, 0.15) is 46.5 Å². The molecule has 0 bridgehead atoms. The average Bonchev–Trinajstić information content (AvgIpc) is 3.19. The normalized spacial score (nSPS) is 15.7. The number of ketones is 1. The first-order valence-electron chi connectivity index (χ1n) is 8.81. The number of Topliss-reactive ketones (excluding diaryl/α,β-unsaturated/α-hetero) is 1. The molecule has 0 fully saturated rings. The van der Waals surface area contributed by atoms with E-state index in [9.17, 15) is 4.79 Å². The van der Waals surface area contributed by atoms with Crippen molar-refractivity contribution >= 4 is 46.4 Å². The molecule has 0 aliphatic carbocycles. The third-order valence-corrected chi connectivity index (χ3v) is 7.07. The van der Waals surface area contributed by atoms with Crippen molar-refractivity contribution in [2.75, 3.05) is 0 Å². The lowest BCUT2D eigenvalue weighted by Crippen LogP contribution is -2.08. The number of hydrogen-bond acceptors (Lipinski definition) is 3. The van der Waals surface area contributed by atoms with Crippen LogP contribution in [0.3, 0.4) is 0 Å². The molecule has 0 atom stereocenters. The summed E-state index contributed by atoms with van der Waals surface area (Å²) >= 11 is 3.30. The first-order valence-corrected chi connectivity index (χ1v) is 10.5. The smallest absolute Gasteiger partial charge is 0.191 e. The lowest BCUT2D eigenvalue weighted by atomic mass is 9.91. The van der Waals surface area contributed by atoms with Gasteiger partial charge in [-0.2, -0.15) is 0 Å². The average molecular weight is 391 g/mol. The zero-order valence-electron chi connectivity index (χ0n) is 15.8. The minimum Gasteiger partial charge on any atom is -0.289 e. The number of rotatable bonds is 5. The Morgan fingerprint density at radius 2 is 1.85 bits per heavy atom. The van der Waals surface area contributed by atoms with Crippen molar-refractivity contribution in [3.05, 3.63) is 98.2 Å². The molecule has 1 nitrogen and oxygen atoms in total. The van der Waals surface area contributed by atoms with E-state index in [0.29, 0.717) is 0 Å². The van der Waals surface area contributed by atoms with Crippen molar-refractivity contribution in [3.8, 4) is 0 Å². The molecule has 1 aliphatic heterocycles. The number of thioether (sulfide) groups is 2. The van der Waals surface area contributed by atoms with Crippen LogP contribution in [0.2, 0.25) is 0 Å². The fraction of sp³-hybridized carbons (Fsp3) is 0.125. The van der Waals surface area contributed by atoms with Gasteiger partial charge in [0.25, 0.3) is 0 Å². The summed E-state index contributed by atoms with van der Waals surface area (Å²) < 4.78 is 1.05. The highest BCUT2D eigenvalue weighted by atomic mass is 32.2. The van der Waals surface area contributed by atoms with E-state index in [0.717, 1.165) is 32.1 Å². The summed E-state index contributed by atoms with van der Waals surface area (Å²) in [4.78, 5) is 14.5. The Hall–Kier alpha value is -2.23. The van der Waals surface area contributed by atoms with Gasteiger partial charge in [-0.3, -0.25) is 4.79 Å². The highest BCUT2D eigenvalue weighted by molar-refractivity contribution is 8.31. The van der Waals surface area contributed by atoms with E-state index >= 15 is 0 Å². The molecule has 136 valence electrons. The van der Waals surface area contributed by atoms with E-state index < -0.39 is 0 Å². The molecule has 0 aromatic heterocycles. The van der Waals surface area contributed by atoms with E-state index in [1.54, 1.807) is 29.6 Å². The Bertz CT molecular complexity index is 979. The fourth-order valence-corrected chi connectivity index (χ4v) is 5.28. The SMILES string of the molecule is C=Cc1c(/C=C\C)ccc(C)c1C(=O)/C(C)=C1/SC=C(c2ccccc2)S1. The molecule has 1 aliphatic rings. The molecule has 0 saturated heterocycles. The third-order valence-electron chi connectivity index (χ3n) is 4.45. The topological polar surface area (TPSA) is 17.1 Å². The van der Waals surface area contributed by atoms with E-state index in [2.05, 4.69) is 24.1 Å². The van der Waals surface area contributed by atoms with Crippen molar-refractivity contribution in [1.82, 2.24) is 0 Å². The highest BCUT2D eigenvalue weighted by Crippen LogP contribution is 2.50. The van der Waals surface area contributed by atoms with Gasteiger partial charge in [0.15, 0.2) is 5.78 Å². The van der Waals surface area contributed by atoms with Gasteiger partial charge >= 0.3 is 0 Å². The largest absolute Gasteiger partial charge is 0.289 e. The van der Waals surface area contributed by atoms with E-state index in [1.807, 2.05) is 63.3 Å². The monoisotopic (exact) mass is 390 g/mol. The van der Waals surface area contributed by atoms with Gasteiger partial charge in [-0.1, -0.05) is 90.8 Å². The quantitative estimate of drug-likeness (QED) is 0.387. The van der Waals surface area contributed by atoms with Gasteiger partial charge in [0.05, 0.1) is 4.24 Å². The van der Waals surface area contributed by atoms with Gasteiger partial charge < -0.3 is 0 Å². The Kier molecular flexibility index (Phi) is 6.25. The van der Waals surface area contributed by atoms with Crippen LogP contribution in [-0.2, 0) is 0 Å². The molecule has 2 aromatic carbocycles. The molecule has 0 saturated carbocycles. The Morgan fingerprint density at radius 1 is 1.11 bits per heavy atom. The molecule has 3 heteroatoms. The van der Waals surface area contributed by atoms with Crippen molar-refractivity contribution in [3.63, 3.8) is 0 Å². The second-order valence-electron chi connectivity index (χ2n) is 6.27. The number of allylic oxidation sites excluding steroid dienone is 2. The molecule has 0 N–H and O–H groups in total. The molecular weight excluding hydrogens is 368 g/mol. The minimum absolute atomic E-state index is 0.0754. The first-order chi connectivity index (χ1) is 13.1. The van der Waals surface area contributed by atoms with Crippen LogP contribution in [0.4, 0.5) is 0 Å². The number of benzene rings is 2. The van der Waals surface area contributed by atoms with Crippen LogP contribution < -0.4 is 0 Å². The Morgan fingerprint density at radius 3 is 2.52 bits per heavy atom. The number of carbonyl (C=O) groups is 1.